The van der Waals surface area contributed by atoms with E-state index in [1.165, 1.54) is 11.8 Å². The first-order valence-electron chi connectivity index (χ1n) is 7.38. The Morgan fingerprint density at radius 1 is 1.39 bits per heavy atom. The predicted octanol–water partition coefficient (Wildman–Crippen LogP) is 1.87. The Kier molecular flexibility index (Phi) is 6.18. The van der Waals surface area contributed by atoms with E-state index in [9.17, 15) is 9.59 Å². The summed E-state index contributed by atoms with van der Waals surface area (Å²) in [6.45, 7) is 4.87. The Hall–Kier alpha value is -1.86. The van der Waals surface area contributed by atoms with Crippen LogP contribution in [0.3, 0.4) is 0 Å². The van der Waals surface area contributed by atoms with E-state index in [0.29, 0.717) is 18.3 Å². The highest BCUT2D eigenvalue weighted by molar-refractivity contribution is 8.15. The number of carbonyl (C=O) groups is 2. The van der Waals surface area contributed by atoms with Gasteiger partial charge in [-0.2, -0.15) is 0 Å². The van der Waals surface area contributed by atoms with Crippen molar-refractivity contribution in [3.05, 3.63) is 29.3 Å². The summed E-state index contributed by atoms with van der Waals surface area (Å²) in [5.41, 5.74) is 2.82. The van der Waals surface area contributed by atoms with E-state index in [-0.39, 0.29) is 18.2 Å². The summed E-state index contributed by atoms with van der Waals surface area (Å²) in [5.74, 6) is -0.351. The number of amides is 2. The van der Waals surface area contributed by atoms with Crippen molar-refractivity contribution in [1.29, 1.82) is 0 Å². The molecule has 0 radical (unpaired) electrons. The second-order valence-corrected chi connectivity index (χ2v) is 6.49. The fraction of sp³-hybridized carbons (Fsp3) is 0.438. The largest absolute Gasteiger partial charge is 0.383 e. The van der Waals surface area contributed by atoms with Gasteiger partial charge in [0.15, 0.2) is 5.17 Å². The van der Waals surface area contributed by atoms with Crippen molar-refractivity contribution in [3.8, 4) is 0 Å². The van der Waals surface area contributed by atoms with E-state index in [1.54, 1.807) is 7.11 Å². The van der Waals surface area contributed by atoms with Gasteiger partial charge in [0.05, 0.1) is 13.2 Å². The second kappa shape index (κ2) is 8.12. The van der Waals surface area contributed by atoms with Crippen LogP contribution >= 0.6 is 11.8 Å². The molecule has 1 saturated heterocycles. The highest BCUT2D eigenvalue weighted by atomic mass is 32.2. The van der Waals surface area contributed by atoms with Gasteiger partial charge in [0.1, 0.15) is 5.25 Å². The number of hydrogen-bond donors (Lipinski definition) is 2. The SMILES string of the molecule is COCCN=C1NC(=O)[C@H](CC(=O)Nc2c(C)cccc2C)S1. The smallest absolute Gasteiger partial charge is 0.240 e. The molecule has 0 bridgehead atoms. The number of nitrogens with zero attached hydrogens (tertiary/aromatic N) is 1. The van der Waals surface area contributed by atoms with E-state index in [2.05, 4.69) is 15.6 Å². The van der Waals surface area contributed by atoms with Crippen LogP contribution in [0.15, 0.2) is 23.2 Å². The first-order chi connectivity index (χ1) is 11.0. The van der Waals surface area contributed by atoms with Gasteiger partial charge in [-0.15, -0.1) is 0 Å². The third kappa shape index (κ3) is 4.80. The predicted molar refractivity (Wildman–Crippen MR) is 92.9 cm³/mol. The molecule has 2 rings (SSSR count). The molecule has 1 aromatic carbocycles. The fourth-order valence-electron chi connectivity index (χ4n) is 2.22. The molecule has 0 spiro atoms. The molecule has 2 N–H and O–H groups in total. The van der Waals surface area contributed by atoms with Gasteiger partial charge >= 0.3 is 0 Å². The first-order valence-corrected chi connectivity index (χ1v) is 8.26. The molecule has 1 aromatic rings. The van der Waals surface area contributed by atoms with Crippen LogP contribution in [0.2, 0.25) is 0 Å². The summed E-state index contributed by atoms with van der Waals surface area (Å²) in [6, 6.07) is 5.84. The lowest BCUT2D eigenvalue weighted by Crippen LogP contribution is -2.28. The van der Waals surface area contributed by atoms with Gasteiger partial charge in [0.25, 0.3) is 0 Å². The summed E-state index contributed by atoms with van der Waals surface area (Å²) in [4.78, 5) is 28.4. The minimum Gasteiger partial charge on any atom is -0.383 e. The zero-order valence-corrected chi connectivity index (χ0v) is 14.3. The van der Waals surface area contributed by atoms with Crippen LogP contribution in [0.25, 0.3) is 0 Å². The Morgan fingerprint density at radius 2 is 2.09 bits per heavy atom. The molecule has 0 aromatic heterocycles. The average molecular weight is 335 g/mol. The number of ether oxygens (including phenoxy) is 1. The fourth-order valence-corrected chi connectivity index (χ4v) is 3.22. The van der Waals surface area contributed by atoms with E-state index in [0.717, 1.165) is 16.8 Å². The number of para-hydroxylation sites is 1. The van der Waals surface area contributed by atoms with Gasteiger partial charge in [-0.3, -0.25) is 14.6 Å². The number of benzene rings is 1. The number of rotatable bonds is 6. The highest BCUT2D eigenvalue weighted by Gasteiger charge is 2.32. The zero-order chi connectivity index (χ0) is 16.8. The van der Waals surface area contributed by atoms with Crippen molar-refractivity contribution in [2.45, 2.75) is 25.5 Å². The van der Waals surface area contributed by atoms with E-state index >= 15 is 0 Å². The minimum absolute atomic E-state index is 0.119. The molecule has 23 heavy (non-hydrogen) atoms. The molecule has 2 amide bonds. The van der Waals surface area contributed by atoms with Gasteiger partial charge in [0, 0.05) is 19.2 Å². The molecular weight excluding hydrogens is 314 g/mol. The van der Waals surface area contributed by atoms with Crippen LogP contribution < -0.4 is 10.6 Å². The van der Waals surface area contributed by atoms with Crippen molar-refractivity contribution >= 4 is 34.4 Å². The van der Waals surface area contributed by atoms with Crippen LogP contribution in [-0.4, -0.2) is 42.5 Å². The number of thioether (sulfide) groups is 1. The lowest BCUT2D eigenvalue weighted by atomic mass is 10.1. The molecule has 1 atom stereocenters. The Morgan fingerprint density at radius 3 is 2.74 bits per heavy atom. The topological polar surface area (TPSA) is 79.8 Å². The zero-order valence-electron chi connectivity index (χ0n) is 13.5. The van der Waals surface area contributed by atoms with Gasteiger partial charge < -0.3 is 15.4 Å². The van der Waals surface area contributed by atoms with Gasteiger partial charge in [-0.05, 0) is 25.0 Å². The molecule has 1 aliphatic rings. The third-order valence-corrected chi connectivity index (χ3v) is 4.56. The number of anilines is 1. The molecule has 0 unspecified atom stereocenters. The lowest BCUT2D eigenvalue weighted by Gasteiger charge is -2.12. The number of hydrogen-bond acceptors (Lipinski definition) is 5. The Labute approximate surface area is 140 Å². The lowest BCUT2D eigenvalue weighted by molar-refractivity contribution is -0.122. The first kappa shape index (κ1) is 17.5. The molecule has 6 nitrogen and oxygen atoms in total. The normalized spacial score (nSPS) is 19.0. The van der Waals surface area contributed by atoms with Crippen molar-refractivity contribution in [1.82, 2.24) is 5.32 Å². The van der Waals surface area contributed by atoms with E-state index < -0.39 is 5.25 Å². The summed E-state index contributed by atoms with van der Waals surface area (Å²) in [6.07, 6.45) is 0.119. The number of methoxy groups -OCH3 is 1. The summed E-state index contributed by atoms with van der Waals surface area (Å²) in [7, 11) is 1.60. The van der Waals surface area contributed by atoms with Gasteiger partial charge in [-0.25, -0.2) is 0 Å². The summed E-state index contributed by atoms with van der Waals surface area (Å²) < 4.78 is 4.92. The van der Waals surface area contributed by atoms with Crippen molar-refractivity contribution < 1.29 is 14.3 Å². The number of amidine groups is 1. The summed E-state index contributed by atoms with van der Waals surface area (Å²) in [5, 5.41) is 5.70. The molecule has 1 heterocycles. The van der Waals surface area contributed by atoms with Crippen molar-refractivity contribution in [2.24, 2.45) is 4.99 Å². The average Bonchev–Trinajstić information content (AvgIpc) is 2.83. The summed E-state index contributed by atoms with van der Waals surface area (Å²) >= 11 is 1.29. The number of aliphatic imine (C=N–C) groups is 1. The Bertz CT molecular complexity index is 611. The molecule has 1 aliphatic heterocycles. The minimum atomic E-state index is -0.444. The highest BCUT2D eigenvalue weighted by Crippen LogP contribution is 2.24. The van der Waals surface area contributed by atoms with E-state index in [1.807, 2.05) is 32.0 Å². The third-order valence-electron chi connectivity index (χ3n) is 3.44. The molecular formula is C16H21N3O3S. The number of aryl methyl sites for hydroxylation is 2. The maximum atomic E-state index is 12.2. The van der Waals surface area contributed by atoms with E-state index in [4.69, 9.17) is 4.74 Å². The van der Waals surface area contributed by atoms with Crippen LogP contribution in [0.1, 0.15) is 17.5 Å². The number of carbonyl (C=O) groups excluding carboxylic acids is 2. The molecule has 1 fully saturated rings. The van der Waals surface area contributed by atoms with Gasteiger partial charge in [-0.1, -0.05) is 30.0 Å². The Balaban J connectivity index is 1.93. The second-order valence-electron chi connectivity index (χ2n) is 5.29. The maximum absolute atomic E-state index is 12.2. The standard InChI is InChI=1S/C16H21N3O3S/c1-10-5-4-6-11(2)14(10)18-13(20)9-12-15(21)19-16(23-12)17-7-8-22-3/h4-6,12H,7-9H2,1-3H3,(H,18,20)(H,17,19,21)/t12-/m0/s1. The van der Waals surface area contributed by atoms with Crippen LogP contribution in [-0.2, 0) is 14.3 Å². The van der Waals surface area contributed by atoms with Crippen LogP contribution in [0, 0.1) is 13.8 Å². The van der Waals surface area contributed by atoms with Gasteiger partial charge in [0.2, 0.25) is 11.8 Å². The van der Waals surface area contributed by atoms with Crippen molar-refractivity contribution in [2.75, 3.05) is 25.6 Å². The quantitative estimate of drug-likeness (QED) is 0.778. The molecule has 124 valence electrons. The molecule has 0 aliphatic carbocycles. The van der Waals surface area contributed by atoms with Crippen molar-refractivity contribution in [3.63, 3.8) is 0 Å². The van der Waals surface area contributed by atoms with Crippen LogP contribution in [0.5, 0.6) is 0 Å². The molecule has 0 saturated carbocycles. The van der Waals surface area contributed by atoms with Crippen LogP contribution in [0.4, 0.5) is 5.69 Å². The monoisotopic (exact) mass is 335 g/mol. The molecule has 7 heteroatoms. The maximum Gasteiger partial charge on any atom is 0.240 e. The number of nitrogens with one attached hydrogen (secondary N) is 2.